The van der Waals surface area contributed by atoms with E-state index in [1.165, 1.54) is 0 Å². The van der Waals surface area contributed by atoms with Crippen molar-refractivity contribution in [3.63, 3.8) is 0 Å². The number of aryl methyl sites for hydroxylation is 1. The van der Waals surface area contributed by atoms with Crippen LogP contribution in [0.25, 0.3) is 0 Å². The van der Waals surface area contributed by atoms with Crippen molar-refractivity contribution < 1.29 is 4.74 Å². The molecule has 0 aliphatic rings. The van der Waals surface area contributed by atoms with Crippen molar-refractivity contribution >= 4 is 35.4 Å². The fourth-order valence-corrected chi connectivity index (χ4v) is 2.96. The normalized spacial score (nSPS) is 10.8. The number of hydrogen-bond acceptors (Lipinski definition) is 4. The monoisotopic (exact) mass is 374 g/mol. The van der Waals surface area contributed by atoms with E-state index in [4.69, 9.17) is 40.2 Å². The van der Waals surface area contributed by atoms with Crippen LogP contribution in [0.3, 0.4) is 0 Å². The van der Waals surface area contributed by atoms with Gasteiger partial charge in [-0.25, -0.2) is 4.68 Å². The molecule has 126 valence electrons. The fraction of sp³-hybridized carbons (Fsp3) is 0.467. The third-order valence-corrected chi connectivity index (χ3v) is 3.95. The summed E-state index contributed by atoms with van der Waals surface area (Å²) in [6.45, 7) is 5.21. The van der Waals surface area contributed by atoms with E-state index in [1.54, 1.807) is 10.7 Å². The van der Waals surface area contributed by atoms with E-state index in [-0.39, 0.29) is 0 Å². The van der Waals surface area contributed by atoms with Crippen LogP contribution in [0.1, 0.15) is 38.1 Å². The van der Waals surface area contributed by atoms with Crippen molar-refractivity contribution in [3.05, 3.63) is 38.3 Å². The van der Waals surface area contributed by atoms with Gasteiger partial charge in [0.05, 0.1) is 18.2 Å². The van der Waals surface area contributed by atoms with Crippen molar-refractivity contribution in [1.29, 1.82) is 0 Å². The molecule has 1 aromatic heterocycles. The van der Waals surface area contributed by atoms with Crippen LogP contribution in [0, 0.1) is 4.77 Å². The summed E-state index contributed by atoms with van der Waals surface area (Å²) in [5.74, 6) is 1.51. The first-order valence-electron chi connectivity index (χ1n) is 7.57. The Hall–Kier alpha value is -1.24. The first kappa shape index (κ1) is 18.1. The van der Waals surface area contributed by atoms with Gasteiger partial charge < -0.3 is 10.2 Å². The zero-order valence-corrected chi connectivity index (χ0v) is 15.5. The second-order valence-corrected chi connectivity index (χ2v) is 6.32. The van der Waals surface area contributed by atoms with Gasteiger partial charge in [-0.2, -0.15) is 5.10 Å². The summed E-state index contributed by atoms with van der Waals surface area (Å²) in [5, 5.41) is 8.10. The number of aromatic amines is 1. The molecule has 0 bridgehead atoms. The van der Waals surface area contributed by atoms with Gasteiger partial charge in [0.25, 0.3) is 0 Å². The smallest absolute Gasteiger partial charge is 0.214 e. The number of H-pyrrole nitrogens is 1. The summed E-state index contributed by atoms with van der Waals surface area (Å²) in [6.07, 6.45) is 2.71. The molecule has 1 heterocycles. The lowest BCUT2D eigenvalue weighted by Gasteiger charge is -2.15. The van der Waals surface area contributed by atoms with E-state index < -0.39 is 0 Å². The van der Waals surface area contributed by atoms with Crippen LogP contribution in [0.4, 0.5) is 0 Å². The van der Waals surface area contributed by atoms with Gasteiger partial charge in [0.1, 0.15) is 5.75 Å². The standard InChI is InChI=1S/C15H20Cl2N4OS/c1-3-5-13-19-20-15(23)21(13)18-9-10-7-11(16)8-12(17)14(10)22-6-4-2/h7-8,18H,3-6,9H2,1-2H3,(H,20,23). The molecule has 0 unspecified atom stereocenters. The summed E-state index contributed by atoms with van der Waals surface area (Å²) >= 11 is 17.6. The van der Waals surface area contributed by atoms with Crippen molar-refractivity contribution in [2.75, 3.05) is 12.0 Å². The Morgan fingerprint density at radius 1 is 1.30 bits per heavy atom. The van der Waals surface area contributed by atoms with E-state index in [2.05, 4.69) is 22.5 Å². The molecule has 0 radical (unpaired) electrons. The van der Waals surface area contributed by atoms with Gasteiger partial charge in [0.2, 0.25) is 4.77 Å². The Labute approximate surface area is 150 Å². The molecule has 0 aliphatic heterocycles. The Morgan fingerprint density at radius 3 is 2.78 bits per heavy atom. The van der Waals surface area contributed by atoms with Crippen LogP contribution in [0.15, 0.2) is 12.1 Å². The van der Waals surface area contributed by atoms with Gasteiger partial charge in [0, 0.05) is 17.0 Å². The highest BCUT2D eigenvalue weighted by Gasteiger charge is 2.12. The van der Waals surface area contributed by atoms with Crippen molar-refractivity contribution in [2.24, 2.45) is 0 Å². The molecule has 0 saturated heterocycles. The number of ether oxygens (including phenoxy) is 1. The number of nitrogens with zero attached hydrogens (tertiary/aromatic N) is 2. The second-order valence-electron chi connectivity index (χ2n) is 5.09. The molecule has 1 aromatic carbocycles. The molecule has 0 fully saturated rings. The van der Waals surface area contributed by atoms with Gasteiger partial charge in [-0.1, -0.05) is 37.0 Å². The largest absolute Gasteiger partial charge is 0.492 e. The number of aromatic nitrogens is 3. The van der Waals surface area contributed by atoms with Gasteiger partial charge in [-0.15, -0.1) is 0 Å². The molecular weight excluding hydrogens is 355 g/mol. The SMILES string of the molecule is CCCOc1c(Cl)cc(Cl)cc1CNn1c(CCC)n[nH]c1=S. The maximum Gasteiger partial charge on any atom is 0.214 e. The zero-order valence-electron chi connectivity index (χ0n) is 13.2. The predicted molar refractivity (Wildman–Crippen MR) is 96.7 cm³/mol. The average molecular weight is 375 g/mol. The summed E-state index contributed by atoms with van der Waals surface area (Å²) in [6, 6.07) is 3.53. The van der Waals surface area contributed by atoms with E-state index in [1.807, 2.05) is 13.0 Å². The van der Waals surface area contributed by atoms with E-state index in [0.717, 1.165) is 30.7 Å². The molecule has 0 saturated carbocycles. The molecule has 2 aromatic rings. The van der Waals surface area contributed by atoms with Gasteiger partial charge in [-0.3, -0.25) is 5.10 Å². The Kier molecular flexibility index (Phi) is 6.74. The summed E-state index contributed by atoms with van der Waals surface area (Å²) < 4.78 is 8.06. The third-order valence-electron chi connectivity index (χ3n) is 3.18. The van der Waals surface area contributed by atoms with Gasteiger partial charge in [0.15, 0.2) is 5.82 Å². The minimum Gasteiger partial charge on any atom is -0.492 e. The fourth-order valence-electron chi connectivity index (χ4n) is 2.16. The van der Waals surface area contributed by atoms with Crippen LogP contribution >= 0.6 is 35.4 Å². The van der Waals surface area contributed by atoms with Crippen LogP contribution in [-0.4, -0.2) is 21.5 Å². The van der Waals surface area contributed by atoms with Crippen LogP contribution < -0.4 is 10.2 Å². The molecule has 2 rings (SSSR count). The summed E-state index contributed by atoms with van der Waals surface area (Å²) in [4.78, 5) is 0. The Balaban J connectivity index is 2.23. The second kappa shape index (κ2) is 8.57. The van der Waals surface area contributed by atoms with E-state index in [0.29, 0.717) is 33.7 Å². The molecule has 5 nitrogen and oxygen atoms in total. The number of rotatable bonds is 8. The summed E-state index contributed by atoms with van der Waals surface area (Å²) in [5.41, 5.74) is 4.13. The zero-order chi connectivity index (χ0) is 16.8. The molecule has 0 atom stereocenters. The molecule has 0 aliphatic carbocycles. The molecule has 23 heavy (non-hydrogen) atoms. The first-order valence-corrected chi connectivity index (χ1v) is 8.74. The van der Waals surface area contributed by atoms with Crippen LogP contribution in [-0.2, 0) is 13.0 Å². The maximum absolute atomic E-state index is 6.26. The lowest BCUT2D eigenvalue weighted by molar-refractivity contribution is 0.314. The minimum atomic E-state index is 0.476. The van der Waals surface area contributed by atoms with Crippen molar-refractivity contribution in [2.45, 2.75) is 39.7 Å². The Morgan fingerprint density at radius 2 is 2.09 bits per heavy atom. The summed E-state index contributed by atoms with van der Waals surface area (Å²) in [7, 11) is 0. The highest BCUT2D eigenvalue weighted by atomic mass is 35.5. The lowest BCUT2D eigenvalue weighted by Crippen LogP contribution is -2.18. The Bertz CT molecular complexity index is 714. The number of benzene rings is 1. The number of halogens is 2. The number of hydrogen-bond donors (Lipinski definition) is 2. The van der Waals surface area contributed by atoms with Crippen molar-refractivity contribution in [3.8, 4) is 5.75 Å². The third kappa shape index (κ3) is 4.62. The van der Waals surface area contributed by atoms with Crippen LogP contribution in [0.2, 0.25) is 10.0 Å². The van der Waals surface area contributed by atoms with Gasteiger partial charge >= 0.3 is 0 Å². The topological polar surface area (TPSA) is 54.9 Å². The molecular formula is C15H20Cl2N4OS. The van der Waals surface area contributed by atoms with Gasteiger partial charge in [-0.05, 0) is 37.2 Å². The quantitative estimate of drug-likeness (QED) is 0.655. The molecule has 2 N–H and O–H groups in total. The van der Waals surface area contributed by atoms with E-state index in [9.17, 15) is 0 Å². The van der Waals surface area contributed by atoms with E-state index >= 15 is 0 Å². The highest BCUT2D eigenvalue weighted by molar-refractivity contribution is 7.71. The minimum absolute atomic E-state index is 0.476. The molecule has 0 spiro atoms. The molecule has 0 amide bonds. The average Bonchev–Trinajstić information content (AvgIpc) is 2.85. The predicted octanol–water partition coefficient (Wildman–Crippen LogP) is 4.73. The van der Waals surface area contributed by atoms with Crippen LogP contribution in [0.5, 0.6) is 5.75 Å². The highest BCUT2D eigenvalue weighted by Crippen LogP contribution is 2.32. The van der Waals surface area contributed by atoms with Crippen molar-refractivity contribution in [1.82, 2.24) is 14.9 Å². The lowest BCUT2D eigenvalue weighted by atomic mass is 10.2. The molecule has 8 heteroatoms. The number of nitrogens with one attached hydrogen (secondary N) is 2. The first-order chi connectivity index (χ1) is 11.1. The maximum atomic E-state index is 6.26.